The molecule has 6 heteroatoms. The van der Waals surface area contributed by atoms with Crippen LogP contribution >= 0.6 is 12.4 Å². The van der Waals surface area contributed by atoms with Crippen LogP contribution in [0, 0.1) is 0 Å². The van der Waals surface area contributed by atoms with Crippen LogP contribution in [0.25, 0.3) is 0 Å². The average Bonchev–Trinajstić information content (AvgIpc) is 2.48. The van der Waals surface area contributed by atoms with Gasteiger partial charge in [0.1, 0.15) is 0 Å². The van der Waals surface area contributed by atoms with E-state index in [4.69, 9.17) is 4.74 Å². The zero-order valence-electron chi connectivity index (χ0n) is 14.4. The smallest absolute Gasteiger partial charge is 0.234 e. The molecule has 1 amide bonds. The number of ether oxygens (including phenoxy) is 1. The third-order valence-electron chi connectivity index (χ3n) is 3.42. The van der Waals surface area contributed by atoms with Gasteiger partial charge in [-0.05, 0) is 16.5 Å². The van der Waals surface area contributed by atoms with Gasteiger partial charge in [-0.15, -0.1) is 12.4 Å². The Labute approximate surface area is 145 Å². The molecule has 0 radical (unpaired) electrons. The van der Waals surface area contributed by atoms with Crippen molar-refractivity contribution in [3.05, 3.63) is 35.4 Å². The summed E-state index contributed by atoms with van der Waals surface area (Å²) in [6.07, 6.45) is -0.697. The van der Waals surface area contributed by atoms with Crippen molar-refractivity contribution < 1.29 is 14.6 Å². The number of methoxy groups -OCH3 is 1. The Morgan fingerprint density at radius 1 is 1.26 bits per heavy atom. The summed E-state index contributed by atoms with van der Waals surface area (Å²) >= 11 is 0. The number of hydrogen-bond donors (Lipinski definition) is 3. The predicted molar refractivity (Wildman–Crippen MR) is 95.1 cm³/mol. The number of nitrogens with one attached hydrogen (secondary N) is 2. The highest BCUT2D eigenvalue weighted by atomic mass is 35.5. The van der Waals surface area contributed by atoms with Crippen LogP contribution < -0.4 is 10.6 Å². The topological polar surface area (TPSA) is 70.6 Å². The van der Waals surface area contributed by atoms with Crippen molar-refractivity contribution in [1.29, 1.82) is 0 Å². The Hall–Kier alpha value is -1.14. The minimum absolute atomic E-state index is 0. The first-order chi connectivity index (χ1) is 10.3. The summed E-state index contributed by atoms with van der Waals surface area (Å²) in [5, 5.41) is 15.8. The Kier molecular flexibility index (Phi) is 10.1. The summed E-state index contributed by atoms with van der Waals surface area (Å²) in [5.74, 6) is -0.138. The van der Waals surface area contributed by atoms with Crippen LogP contribution in [0.15, 0.2) is 24.3 Å². The van der Waals surface area contributed by atoms with Crippen molar-refractivity contribution in [3.63, 3.8) is 0 Å². The molecule has 1 atom stereocenters. The number of amides is 1. The fourth-order valence-corrected chi connectivity index (χ4v) is 1.97. The number of carbonyl (C=O) groups excluding carboxylic acids is 1. The SMILES string of the molecule is COCCNCC(=O)NCC(O)c1ccc(C(C)(C)C)cc1.Cl. The molecule has 0 fully saturated rings. The van der Waals surface area contributed by atoms with Crippen LogP contribution in [0.2, 0.25) is 0 Å². The molecule has 0 spiro atoms. The second kappa shape index (κ2) is 10.6. The van der Waals surface area contributed by atoms with Crippen LogP contribution in [-0.4, -0.2) is 44.4 Å². The zero-order valence-corrected chi connectivity index (χ0v) is 15.2. The maximum absolute atomic E-state index is 11.6. The highest BCUT2D eigenvalue weighted by molar-refractivity contribution is 5.85. The molecule has 0 saturated heterocycles. The number of hydrogen-bond acceptors (Lipinski definition) is 4. The summed E-state index contributed by atoms with van der Waals surface area (Å²) in [4.78, 5) is 11.6. The monoisotopic (exact) mass is 344 g/mol. The number of rotatable bonds is 8. The summed E-state index contributed by atoms with van der Waals surface area (Å²) in [6.45, 7) is 8.06. The lowest BCUT2D eigenvalue weighted by Crippen LogP contribution is -2.37. The number of halogens is 1. The molecule has 0 aromatic heterocycles. The number of aliphatic hydroxyl groups excluding tert-OH is 1. The van der Waals surface area contributed by atoms with Gasteiger partial charge in [-0.3, -0.25) is 4.79 Å². The third kappa shape index (κ3) is 8.32. The third-order valence-corrected chi connectivity index (χ3v) is 3.42. The van der Waals surface area contributed by atoms with Gasteiger partial charge in [0.2, 0.25) is 5.91 Å². The van der Waals surface area contributed by atoms with Crippen LogP contribution in [0.3, 0.4) is 0 Å². The fraction of sp³-hybridized carbons (Fsp3) is 0.588. The first-order valence-electron chi connectivity index (χ1n) is 7.59. The standard InChI is InChI=1S/C17H28N2O3.ClH/c1-17(2,3)14-7-5-13(6-8-14)15(20)11-19-16(21)12-18-9-10-22-4;/h5-8,15,18,20H,9-12H2,1-4H3,(H,19,21);1H. The van der Waals surface area contributed by atoms with Crippen LogP contribution in [0.1, 0.15) is 38.0 Å². The van der Waals surface area contributed by atoms with Gasteiger partial charge in [-0.2, -0.15) is 0 Å². The Balaban J connectivity index is 0.00000484. The molecule has 1 unspecified atom stereocenters. The van der Waals surface area contributed by atoms with Gasteiger partial charge in [-0.25, -0.2) is 0 Å². The number of benzene rings is 1. The molecule has 0 saturated carbocycles. The van der Waals surface area contributed by atoms with Gasteiger partial charge in [0.15, 0.2) is 0 Å². The molecular formula is C17H29ClN2O3. The Bertz CT molecular complexity index is 458. The Morgan fingerprint density at radius 2 is 1.87 bits per heavy atom. The highest BCUT2D eigenvalue weighted by Gasteiger charge is 2.15. The molecule has 3 N–H and O–H groups in total. The van der Waals surface area contributed by atoms with E-state index in [2.05, 4.69) is 31.4 Å². The second-order valence-electron chi connectivity index (χ2n) is 6.36. The van der Waals surface area contributed by atoms with Gasteiger partial charge in [0.25, 0.3) is 0 Å². The van der Waals surface area contributed by atoms with E-state index >= 15 is 0 Å². The van der Waals surface area contributed by atoms with E-state index in [0.717, 1.165) is 5.56 Å². The molecule has 0 aliphatic carbocycles. The van der Waals surface area contributed by atoms with E-state index in [1.165, 1.54) is 5.56 Å². The second-order valence-corrected chi connectivity index (χ2v) is 6.36. The highest BCUT2D eigenvalue weighted by Crippen LogP contribution is 2.23. The van der Waals surface area contributed by atoms with Crippen molar-refractivity contribution >= 4 is 18.3 Å². The number of carbonyl (C=O) groups is 1. The summed E-state index contributed by atoms with van der Waals surface area (Å²) in [7, 11) is 1.61. The van der Waals surface area contributed by atoms with E-state index in [1.807, 2.05) is 24.3 Å². The van der Waals surface area contributed by atoms with Crippen LogP contribution in [0.4, 0.5) is 0 Å². The van der Waals surface area contributed by atoms with Crippen molar-refractivity contribution in [2.45, 2.75) is 32.3 Å². The quantitative estimate of drug-likeness (QED) is 0.629. The molecule has 5 nitrogen and oxygen atoms in total. The fourth-order valence-electron chi connectivity index (χ4n) is 1.97. The molecular weight excluding hydrogens is 316 g/mol. The molecule has 23 heavy (non-hydrogen) atoms. The lowest BCUT2D eigenvalue weighted by Gasteiger charge is -2.20. The molecule has 0 bridgehead atoms. The molecule has 1 rings (SSSR count). The molecule has 0 aliphatic rings. The van der Waals surface area contributed by atoms with Crippen LogP contribution in [-0.2, 0) is 14.9 Å². The largest absolute Gasteiger partial charge is 0.387 e. The van der Waals surface area contributed by atoms with Gasteiger partial charge in [0.05, 0.1) is 19.3 Å². The molecule has 1 aromatic rings. The maximum Gasteiger partial charge on any atom is 0.234 e. The number of aliphatic hydroxyl groups is 1. The van der Waals surface area contributed by atoms with Gasteiger partial charge < -0.3 is 20.5 Å². The molecule has 1 aromatic carbocycles. The first kappa shape index (κ1) is 21.9. The maximum atomic E-state index is 11.6. The molecule has 132 valence electrons. The molecule has 0 heterocycles. The first-order valence-corrected chi connectivity index (χ1v) is 7.59. The average molecular weight is 345 g/mol. The normalized spacial score (nSPS) is 12.4. The predicted octanol–water partition coefficient (Wildman–Crippen LogP) is 1.79. The van der Waals surface area contributed by atoms with E-state index in [1.54, 1.807) is 7.11 Å². The lowest BCUT2D eigenvalue weighted by molar-refractivity contribution is -0.120. The van der Waals surface area contributed by atoms with E-state index in [0.29, 0.717) is 13.2 Å². The summed E-state index contributed by atoms with van der Waals surface area (Å²) in [6, 6.07) is 7.86. The minimum atomic E-state index is -0.697. The van der Waals surface area contributed by atoms with E-state index in [9.17, 15) is 9.90 Å². The van der Waals surface area contributed by atoms with E-state index in [-0.39, 0.29) is 36.8 Å². The van der Waals surface area contributed by atoms with Gasteiger partial charge >= 0.3 is 0 Å². The van der Waals surface area contributed by atoms with E-state index < -0.39 is 6.10 Å². The summed E-state index contributed by atoms with van der Waals surface area (Å²) in [5.41, 5.74) is 2.11. The van der Waals surface area contributed by atoms with Crippen molar-refractivity contribution in [3.8, 4) is 0 Å². The lowest BCUT2D eigenvalue weighted by atomic mass is 9.86. The summed E-state index contributed by atoms with van der Waals surface area (Å²) < 4.78 is 4.88. The zero-order chi connectivity index (χ0) is 16.6. The molecule has 0 aliphatic heterocycles. The van der Waals surface area contributed by atoms with Gasteiger partial charge in [0, 0.05) is 20.2 Å². The van der Waals surface area contributed by atoms with Gasteiger partial charge in [-0.1, -0.05) is 45.0 Å². The van der Waals surface area contributed by atoms with Crippen molar-refractivity contribution in [2.75, 3.05) is 33.4 Å². The Morgan fingerprint density at radius 3 is 2.39 bits per heavy atom. The van der Waals surface area contributed by atoms with Crippen molar-refractivity contribution in [2.24, 2.45) is 0 Å². The minimum Gasteiger partial charge on any atom is -0.387 e. The van der Waals surface area contributed by atoms with Crippen molar-refractivity contribution in [1.82, 2.24) is 10.6 Å². The van der Waals surface area contributed by atoms with Crippen LogP contribution in [0.5, 0.6) is 0 Å².